The van der Waals surface area contributed by atoms with Crippen LogP contribution in [-0.2, 0) is 13.6 Å². The first-order valence-electron chi connectivity index (χ1n) is 11.4. The lowest BCUT2D eigenvalue weighted by Crippen LogP contribution is -2.50. The lowest BCUT2D eigenvalue weighted by atomic mass is 10.1. The van der Waals surface area contributed by atoms with Crippen LogP contribution in [0.4, 0.5) is 0 Å². The third-order valence-electron chi connectivity index (χ3n) is 6.15. The third-order valence-corrected chi connectivity index (χ3v) is 14.8. The highest BCUT2D eigenvalue weighted by molar-refractivity contribution is 6.78. The Bertz CT molecular complexity index is 431. The Balaban J connectivity index is 4.88. The molecule has 0 rings (SSSR count). The normalized spacial score (nSPS) is 14.4. The number of rotatable bonds is 14. The van der Waals surface area contributed by atoms with Gasteiger partial charge in [-0.2, -0.15) is 0 Å². The maximum Gasteiger partial charge on any atom is 0.296 e. The van der Waals surface area contributed by atoms with E-state index in [9.17, 15) is 4.79 Å². The van der Waals surface area contributed by atoms with Crippen molar-refractivity contribution in [2.45, 2.75) is 104 Å². The van der Waals surface area contributed by atoms with Crippen LogP contribution in [0.25, 0.3) is 0 Å². The average molecular weight is 432 g/mol. The molecule has 0 spiro atoms. The Hall–Kier alpha value is -0.176. The third kappa shape index (κ3) is 8.29. The van der Waals surface area contributed by atoms with Crippen LogP contribution in [0.5, 0.6) is 0 Å². The van der Waals surface area contributed by atoms with Crippen LogP contribution in [0.15, 0.2) is 0 Å². The SMILES string of the molecule is CCO[Si](C)(C)CCCN(CC)CC(C)C(=O)O[Si](C(C)C)(C(C)C)C(C)C. The summed E-state index contributed by atoms with van der Waals surface area (Å²) in [6.07, 6.45) is 1.14. The fourth-order valence-corrected chi connectivity index (χ4v) is 11.9. The summed E-state index contributed by atoms with van der Waals surface area (Å²) in [7, 11) is -3.68. The van der Waals surface area contributed by atoms with Gasteiger partial charge in [0, 0.05) is 13.2 Å². The zero-order valence-electron chi connectivity index (χ0n) is 20.7. The van der Waals surface area contributed by atoms with Crippen LogP contribution in [0, 0.1) is 5.92 Å². The molecule has 0 aromatic rings. The van der Waals surface area contributed by atoms with Crippen LogP contribution in [0.3, 0.4) is 0 Å². The number of hydrogen-bond acceptors (Lipinski definition) is 4. The van der Waals surface area contributed by atoms with E-state index in [4.69, 9.17) is 8.85 Å². The van der Waals surface area contributed by atoms with E-state index in [1.165, 1.54) is 6.04 Å². The van der Waals surface area contributed by atoms with Crippen molar-refractivity contribution in [2.24, 2.45) is 5.92 Å². The van der Waals surface area contributed by atoms with Gasteiger partial charge < -0.3 is 13.8 Å². The van der Waals surface area contributed by atoms with Crippen molar-refractivity contribution >= 4 is 22.6 Å². The first-order chi connectivity index (χ1) is 12.8. The minimum atomic E-state index is -2.15. The molecule has 0 aliphatic carbocycles. The molecule has 6 heteroatoms. The topological polar surface area (TPSA) is 38.8 Å². The van der Waals surface area contributed by atoms with Gasteiger partial charge in [0.2, 0.25) is 0 Å². The summed E-state index contributed by atoms with van der Waals surface area (Å²) in [5.74, 6) is -0.0783. The van der Waals surface area contributed by atoms with Gasteiger partial charge in [0.1, 0.15) is 0 Å². The number of carbonyl (C=O) groups excluding carboxylic acids is 1. The van der Waals surface area contributed by atoms with Crippen LogP contribution in [0.1, 0.15) is 68.7 Å². The van der Waals surface area contributed by atoms with E-state index in [-0.39, 0.29) is 11.9 Å². The molecule has 0 N–H and O–H groups in total. The van der Waals surface area contributed by atoms with E-state index in [2.05, 4.69) is 73.4 Å². The fourth-order valence-electron chi connectivity index (χ4n) is 4.66. The summed E-state index contributed by atoms with van der Waals surface area (Å²) in [5, 5.41) is 0. The molecule has 0 heterocycles. The summed E-state index contributed by atoms with van der Waals surface area (Å²) < 4.78 is 12.3. The Morgan fingerprint density at radius 2 is 1.43 bits per heavy atom. The molecule has 168 valence electrons. The van der Waals surface area contributed by atoms with Gasteiger partial charge in [0.25, 0.3) is 14.3 Å². The standard InChI is InChI=1S/C22H49NO3Si2/c1-12-23(15-14-16-27(10,11)25-13-2)17-21(9)22(24)26-28(18(3)4,19(5)6)20(7)8/h18-21H,12-17H2,1-11H3. The molecule has 0 amide bonds. The van der Waals surface area contributed by atoms with Crippen molar-refractivity contribution in [3.63, 3.8) is 0 Å². The number of nitrogens with zero attached hydrogens (tertiary/aromatic N) is 1. The second kappa shape index (κ2) is 12.5. The van der Waals surface area contributed by atoms with E-state index in [1.54, 1.807) is 0 Å². The molecular weight excluding hydrogens is 382 g/mol. The van der Waals surface area contributed by atoms with Crippen LogP contribution < -0.4 is 0 Å². The van der Waals surface area contributed by atoms with E-state index >= 15 is 0 Å². The van der Waals surface area contributed by atoms with E-state index in [0.717, 1.165) is 32.7 Å². The van der Waals surface area contributed by atoms with Gasteiger partial charge >= 0.3 is 0 Å². The molecule has 28 heavy (non-hydrogen) atoms. The fraction of sp³-hybridized carbons (Fsp3) is 0.955. The molecule has 4 nitrogen and oxygen atoms in total. The van der Waals surface area contributed by atoms with Gasteiger partial charge in [-0.1, -0.05) is 55.4 Å². The highest BCUT2D eigenvalue weighted by Crippen LogP contribution is 2.42. The van der Waals surface area contributed by atoms with Crippen LogP contribution in [0.2, 0.25) is 35.8 Å². The molecule has 0 saturated heterocycles. The van der Waals surface area contributed by atoms with E-state index in [1.807, 2.05) is 6.92 Å². The molecular formula is C22H49NO3Si2. The molecule has 0 aliphatic rings. The van der Waals surface area contributed by atoms with Crippen molar-refractivity contribution in [1.82, 2.24) is 4.90 Å². The quantitative estimate of drug-likeness (QED) is 0.303. The number of carbonyl (C=O) groups is 1. The zero-order valence-corrected chi connectivity index (χ0v) is 22.7. The zero-order chi connectivity index (χ0) is 22.1. The largest absolute Gasteiger partial charge is 0.518 e. The average Bonchev–Trinajstić information content (AvgIpc) is 2.56. The summed E-state index contributed by atoms with van der Waals surface area (Å²) in [6, 6.07) is 1.17. The molecule has 1 unspecified atom stereocenters. The van der Waals surface area contributed by atoms with Crippen LogP contribution >= 0.6 is 0 Å². The van der Waals surface area contributed by atoms with E-state index in [0.29, 0.717) is 16.6 Å². The molecule has 0 aromatic heterocycles. The van der Waals surface area contributed by atoms with Crippen molar-refractivity contribution in [2.75, 3.05) is 26.2 Å². The smallest absolute Gasteiger partial charge is 0.296 e. The predicted octanol–water partition coefficient (Wildman–Crippen LogP) is 6.29. The Labute approximate surface area is 178 Å². The minimum absolute atomic E-state index is 0.00485. The molecule has 1 atom stereocenters. The lowest BCUT2D eigenvalue weighted by Gasteiger charge is -2.42. The molecule has 0 radical (unpaired) electrons. The molecule has 0 bridgehead atoms. The monoisotopic (exact) mass is 431 g/mol. The highest BCUT2D eigenvalue weighted by Gasteiger charge is 2.48. The Morgan fingerprint density at radius 1 is 0.929 bits per heavy atom. The van der Waals surface area contributed by atoms with E-state index < -0.39 is 16.6 Å². The molecule has 0 saturated carbocycles. The molecule has 0 aromatic carbocycles. The summed E-state index contributed by atoms with van der Waals surface area (Å²) in [4.78, 5) is 15.4. The minimum Gasteiger partial charge on any atom is -0.518 e. The second-order valence-corrected chi connectivity index (χ2v) is 19.5. The first-order valence-corrected chi connectivity index (χ1v) is 16.7. The molecule has 0 aliphatic heterocycles. The van der Waals surface area contributed by atoms with Crippen LogP contribution in [-0.4, -0.2) is 53.7 Å². The van der Waals surface area contributed by atoms with Gasteiger partial charge in [0.05, 0.1) is 5.92 Å². The Morgan fingerprint density at radius 3 is 1.82 bits per heavy atom. The second-order valence-electron chi connectivity index (χ2n) is 9.83. The summed E-state index contributed by atoms with van der Waals surface area (Å²) in [5.41, 5.74) is 1.28. The van der Waals surface area contributed by atoms with Crippen molar-refractivity contribution in [3.05, 3.63) is 0 Å². The van der Waals surface area contributed by atoms with Gasteiger partial charge in [-0.25, -0.2) is 0 Å². The first kappa shape index (κ1) is 27.8. The summed E-state index contributed by atoms with van der Waals surface area (Å²) >= 11 is 0. The van der Waals surface area contributed by atoms with Gasteiger partial charge in [-0.3, -0.25) is 4.79 Å². The van der Waals surface area contributed by atoms with Crippen molar-refractivity contribution < 1.29 is 13.6 Å². The predicted molar refractivity (Wildman–Crippen MR) is 127 cm³/mol. The van der Waals surface area contributed by atoms with Gasteiger partial charge in [0.15, 0.2) is 8.32 Å². The van der Waals surface area contributed by atoms with Gasteiger partial charge in [-0.05, 0) is 62.2 Å². The van der Waals surface area contributed by atoms with Crippen molar-refractivity contribution in [3.8, 4) is 0 Å². The van der Waals surface area contributed by atoms with Crippen molar-refractivity contribution in [1.29, 1.82) is 0 Å². The maximum absolute atomic E-state index is 13.0. The van der Waals surface area contributed by atoms with Gasteiger partial charge in [-0.15, -0.1) is 0 Å². The number of hydrogen-bond donors (Lipinski definition) is 0. The summed E-state index contributed by atoms with van der Waals surface area (Å²) in [6.45, 7) is 27.8. The lowest BCUT2D eigenvalue weighted by molar-refractivity contribution is -0.140. The molecule has 0 fully saturated rings. The highest BCUT2D eigenvalue weighted by atomic mass is 28.4. The Kier molecular flexibility index (Phi) is 12.4. The maximum atomic E-state index is 13.0.